The maximum absolute atomic E-state index is 12.4. The fourth-order valence-corrected chi connectivity index (χ4v) is 6.90. The van der Waals surface area contributed by atoms with Crippen LogP contribution in [-0.4, -0.2) is 44.1 Å². The van der Waals surface area contributed by atoms with Gasteiger partial charge in [-0.05, 0) is 73.6 Å². The second-order valence-electron chi connectivity index (χ2n) is 9.99. The molecule has 0 radical (unpaired) electrons. The van der Waals surface area contributed by atoms with E-state index in [0.29, 0.717) is 18.8 Å². The maximum atomic E-state index is 12.4. The van der Waals surface area contributed by atoms with Crippen molar-refractivity contribution in [2.45, 2.75) is 71.6 Å². The molecule has 0 spiro atoms. The highest BCUT2D eigenvalue weighted by Gasteiger charge is 2.56. The average Bonchev–Trinajstić information content (AvgIpc) is 2.74. The molecule has 0 bridgehead atoms. The molecular formula is C24H35BrN2O5S. The molecule has 0 unspecified atom stereocenters. The van der Waals surface area contributed by atoms with Crippen molar-refractivity contribution < 1.29 is 23.2 Å². The molecule has 9 heteroatoms. The molecule has 2 aliphatic rings. The van der Waals surface area contributed by atoms with Crippen LogP contribution < -0.4 is 4.72 Å². The second kappa shape index (κ2) is 9.66. The van der Waals surface area contributed by atoms with Gasteiger partial charge in [-0.1, -0.05) is 48.3 Å². The lowest BCUT2D eigenvalue weighted by atomic mass is 9.49. The van der Waals surface area contributed by atoms with Crippen molar-refractivity contribution >= 4 is 37.6 Å². The first-order valence-electron chi connectivity index (χ1n) is 11.6. The quantitative estimate of drug-likeness (QED) is 0.363. The Morgan fingerprint density at radius 2 is 2.03 bits per heavy atom. The predicted octanol–water partition coefficient (Wildman–Crippen LogP) is 4.78. The number of carboxylic acids is 1. The molecule has 1 saturated carbocycles. The number of aliphatic carboxylic acids is 1. The molecule has 184 valence electrons. The van der Waals surface area contributed by atoms with Gasteiger partial charge < -0.3 is 9.94 Å². The lowest BCUT2D eigenvalue weighted by Crippen LogP contribution is -2.53. The smallest absolute Gasteiger partial charge is 0.309 e. The first-order chi connectivity index (χ1) is 15.4. The van der Waals surface area contributed by atoms with Crippen LogP contribution in [0.1, 0.15) is 82.9 Å². The molecule has 0 saturated heterocycles. The number of benzene rings is 1. The van der Waals surface area contributed by atoms with Gasteiger partial charge in [0.05, 0.1) is 16.9 Å². The summed E-state index contributed by atoms with van der Waals surface area (Å²) in [6, 6.07) is 4.30. The molecule has 7 nitrogen and oxygen atoms in total. The number of halogens is 1. The van der Waals surface area contributed by atoms with Crippen molar-refractivity contribution in [1.82, 2.24) is 4.72 Å². The monoisotopic (exact) mass is 542 g/mol. The third-order valence-electron chi connectivity index (χ3n) is 7.57. The van der Waals surface area contributed by atoms with Crippen LogP contribution in [0.5, 0.6) is 0 Å². The number of hydrogen-bond acceptors (Lipinski definition) is 5. The van der Waals surface area contributed by atoms with Crippen molar-refractivity contribution in [3.8, 4) is 0 Å². The fraction of sp³-hybridized carbons (Fsp3) is 0.667. The molecule has 0 amide bonds. The summed E-state index contributed by atoms with van der Waals surface area (Å²) < 4.78 is 26.7. The molecule has 0 aliphatic heterocycles. The molecule has 0 heterocycles. The minimum atomic E-state index is -3.29. The van der Waals surface area contributed by atoms with Crippen LogP contribution in [0, 0.1) is 11.3 Å². The predicted molar refractivity (Wildman–Crippen MR) is 133 cm³/mol. The van der Waals surface area contributed by atoms with Gasteiger partial charge in [0.1, 0.15) is 6.61 Å². The van der Waals surface area contributed by atoms with E-state index in [9.17, 15) is 18.3 Å². The molecule has 3 rings (SSSR count). The van der Waals surface area contributed by atoms with E-state index < -0.39 is 21.4 Å². The van der Waals surface area contributed by atoms with Gasteiger partial charge in [-0.2, -0.15) is 0 Å². The number of nitrogens with one attached hydrogen (secondary N) is 1. The number of carbonyl (C=O) groups is 1. The van der Waals surface area contributed by atoms with Crippen molar-refractivity contribution in [1.29, 1.82) is 0 Å². The van der Waals surface area contributed by atoms with E-state index in [1.807, 2.05) is 6.92 Å². The average molecular weight is 544 g/mol. The van der Waals surface area contributed by atoms with E-state index in [2.05, 4.69) is 58.7 Å². The van der Waals surface area contributed by atoms with E-state index in [4.69, 9.17) is 4.84 Å². The van der Waals surface area contributed by atoms with E-state index in [1.54, 1.807) is 6.92 Å². The second-order valence-corrected chi connectivity index (χ2v) is 12.9. The molecule has 1 aromatic rings. The summed E-state index contributed by atoms with van der Waals surface area (Å²) >= 11 is 3.74. The van der Waals surface area contributed by atoms with E-state index >= 15 is 0 Å². The fourth-order valence-electron chi connectivity index (χ4n) is 5.51. The van der Waals surface area contributed by atoms with E-state index in [1.165, 1.54) is 0 Å². The first kappa shape index (κ1) is 26.2. The van der Waals surface area contributed by atoms with Gasteiger partial charge >= 0.3 is 5.97 Å². The Morgan fingerprint density at radius 1 is 1.33 bits per heavy atom. The zero-order chi connectivity index (χ0) is 24.6. The maximum Gasteiger partial charge on any atom is 0.309 e. The van der Waals surface area contributed by atoms with Gasteiger partial charge in [-0.15, -0.1) is 0 Å². The summed E-state index contributed by atoms with van der Waals surface area (Å²) in [5, 5.41) is 14.6. The Hall–Kier alpha value is -1.45. The number of carboxylic acid groups (broad SMARTS) is 1. The highest BCUT2D eigenvalue weighted by atomic mass is 79.9. The van der Waals surface area contributed by atoms with Crippen LogP contribution in [0.3, 0.4) is 0 Å². The highest BCUT2D eigenvalue weighted by molar-refractivity contribution is 9.10. The summed E-state index contributed by atoms with van der Waals surface area (Å²) in [4.78, 5) is 17.9. The SMILES string of the molecule is CCS(=O)(=O)NCCO/N=C1\C[C@H]2[C@](C)(C(=O)O)CCC[C@]2(C)c2cc(Br)c(C(C)C)cc21. The molecule has 1 aromatic carbocycles. The van der Waals surface area contributed by atoms with Gasteiger partial charge in [-0.25, -0.2) is 13.1 Å². The van der Waals surface area contributed by atoms with Crippen LogP contribution in [0.15, 0.2) is 21.8 Å². The summed E-state index contributed by atoms with van der Waals surface area (Å²) in [5.74, 6) is -0.581. The van der Waals surface area contributed by atoms with Crippen LogP contribution in [0.2, 0.25) is 0 Å². The normalized spacial score (nSPS) is 28.5. The Kier molecular flexibility index (Phi) is 7.66. The van der Waals surface area contributed by atoms with Gasteiger partial charge in [-0.3, -0.25) is 4.79 Å². The number of sulfonamides is 1. The number of rotatable bonds is 8. The van der Waals surface area contributed by atoms with E-state index in [0.717, 1.165) is 39.7 Å². The van der Waals surface area contributed by atoms with Crippen molar-refractivity contribution in [2.24, 2.45) is 16.5 Å². The zero-order valence-electron chi connectivity index (χ0n) is 20.1. The summed E-state index contributed by atoms with van der Waals surface area (Å²) in [6.07, 6.45) is 2.93. The highest BCUT2D eigenvalue weighted by Crippen LogP contribution is 2.58. The minimum absolute atomic E-state index is 0.00971. The Labute approximate surface area is 205 Å². The third kappa shape index (κ3) is 5.00. The topological polar surface area (TPSA) is 105 Å². The largest absolute Gasteiger partial charge is 0.481 e. The van der Waals surface area contributed by atoms with Gasteiger partial charge in [0.25, 0.3) is 0 Å². The van der Waals surface area contributed by atoms with Gasteiger partial charge in [0.15, 0.2) is 0 Å². The summed E-state index contributed by atoms with van der Waals surface area (Å²) in [7, 11) is -3.29. The lowest BCUT2D eigenvalue weighted by Gasteiger charge is -2.53. The van der Waals surface area contributed by atoms with Crippen molar-refractivity contribution in [3.05, 3.63) is 33.3 Å². The number of oxime groups is 1. The Balaban J connectivity index is 2.02. The molecule has 1 fully saturated rings. The Morgan fingerprint density at radius 3 is 2.64 bits per heavy atom. The number of fused-ring (bicyclic) bond motifs is 3. The third-order valence-corrected chi connectivity index (χ3v) is 9.66. The number of hydrogen-bond donors (Lipinski definition) is 2. The Bertz CT molecular complexity index is 1060. The molecule has 3 atom stereocenters. The number of nitrogens with zero attached hydrogens (tertiary/aromatic N) is 1. The molecule has 0 aromatic heterocycles. The molecule has 33 heavy (non-hydrogen) atoms. The lowest BCUT2D eigenvalue weighted by molar-refractivity contribution is -0.156. The molecular weight excluding hydrogens is 508 g/mol. The zero-order valence-corrected chi connectivity index (χ0v) is 22.5. The van der Waals surface area contributed by atoms with Crippen molar-refractivity contribution in [2.75, 3.05) is 18.9 Å². The van der Waals surface area contributed by atoms with Crippen molar-refractivity contribution in [3.63, 3.8) is 0 Å². The first-order valence-corrected chi connectivity index (χ1v) is 14.0. The van der Waals surface area contributed by atoms with Crippen LogP contribution in [0.4, 0.5) is 0 Å². The summed E-state index contributed by atoms with van der Waals surface area (Å²) in [5.41, 5.74) is 2.87. The van der Waals surface area contributed by atoms with E-state index in [-0.39, 0.29) is 30.2 Å². The van der Waals surface area contributed by atoms with Crippen LogP contribution in [0.25, 0.3) is 0 Å². The van der Waals surface area contributed by atoms with Crippen LogP contribution >= 0.6 is 15.9 Å². The molecule has 2 N–H and O–H groups in total. The van der Waals surface area contributed by atoms with Crippen LogP contribution in [-0.2, 0) is 25.1 Å². The molecule has 2 aliphatic carbocycles. The minimum Gasteiger partial charge on any atom is -0.481 e. The van der Waals surface area contributed by atoms with Gasteiger partial charge in [0, 0.05) is 16.6 Å². The van der Waals surface area contributed by atoms with Gasteiger partial charge in [0.2, 0.25) is 10.0 Å². The summed E-state index contributed by atoms with van der Waals surface area (Å²) in [6.45, 7) is 10.1. The standard InChI is InChI=1S/C24H35BrN2O5S/c1-6-33(30,31)26-10-11-32-27-20-14-21-23(4,8-7-9-24(21,5)22(28)29)18-13-19(25)16(15(2)3)12-17(18)20/h12-13,15,21,26H,6-11,14H2,1-5H3,(H,28,29)/b27-20+/t21-,23-,24-/m1/s1.